The highest BCUT2D eigenvalue weighted by Gasteiger charge is 2.28. The minimum atomic E-state index is -0.0584. The lowest BCUT2D eigenvalue weighted by molar-refractivity contribution is -0.130. The van der Waals surface area contributed by atoms with Crippen LogP contribution in [0.5, 0.6) is 5.75 Å². The topological polar surface area (TPSA) is 57.2 Å². The molecule has 31 heavy (non-hydrogen) atoms. The molecule has 1 heterocycles. The minimum Gasteiger partial charge on any atom is -0.484 e. The number of guanidine groups is 1. The average molecular weight is 423 g/mol. The van der Waals surface area contributed by atoms with Gasteiger partial charge in [-0.1, -0.05) is 49.4 Å². The van der Waals surface area contributed by atoms with Crippen LogP contribution < -0.4 is 10.1 Å². The van der Waals surface area contributed by atoms with Gasteiger partial charge in [-0.15, -0.1) is 0 Å². The number of amides is 1. The van der Waals surface area contributed by atoms with E-state index >= 15 is 0 Å². The predicted molar refractivity (Wildman–Crippen MR) is 125 cm³/mol. The number of carbonyl (C=O) groups is 1. The average Bonchev–Trinajstić information content (AvgIpc) is 2.78. The van der Waals surface area contributed by atoms with Gasteiger partial charge in [0.05, 0.1) is 0 Å². The molecule has 6 heteroatoms. The number of hydrogen-bond donors (Lipinski definition) is 1. The van der Waals surface area contributed by atoms with Crippen molar-refractivity contribution in [3.8, 4) is 5.75 Å². The number of nitrogens with zero attached hydrogens (tertiary/aromatic N) is 3. The lowest BCUT2D eigenvalue weighted by Crippen LogP contribution is -2.47. The quantitative estimate of drug-likeness (QED) is 0.573. The Labute approximate surface area is 185 Å². The van der Waals surface area contributed by atoms with Gasteiger partial charge in [0.25, 0.3) is 5.91 Å². The van der Waals surface area contributed by atoms with E-state index in [1.165, 1.54) is 10.5 Å². The maximum absolute atomic E-state index is 11.7. The summed E-state index contributed by atoms with van der Waals surface area (Å²) in [6.07, 6.45) is 1.12. The molecule has 1 N–H and O–H groups in total. The van der Waals surface area contributed by atoms with Crippen LogP contribution in [0.25, 0.3) is 0 Å². The second-order valence-corrected chi connectivity index (χ2v) is 8.35. The standard InChI is InChI=1S/C25H34N4O2/c1-19-17-29(14-13-23(19)21-10-6-5-7-11-21)25(26-2)27-16-20-9-8-12-22(15-20)31-18-24(30)28(3)4/h5-12,15,19,23H,13-14,16-18H2,1-4H3,(H,26,27). The molecule has 1 aliphatic heterocycles. The van der Waals surface area contributed by atoms with E-state index in [0.717, 1.165) is 31.0 Å². The van der Waals surface area contributed by atoms with E-state index in [2.05, 4.69) is 52.5 Å². The molecule has 3 rings (SSSR count). The van der Waals surface area contributed by atoms with Crippen LogP contribution in [0, 0.1) is 5.92 Å². The zero-order valence-electron chi connectivity index (χ0n) is 19.0. The first kappa shape index (κ1) is 22.7. The van der Waals surface area contributed by atoms with Gasteiger partial charge in [-0.2, -0.15) is 0 Å². The number of likely N-dealkylation sites (tertiary alicyclic amines) is 1. The zero-order valence-corrected chi connectivity index (χ0v) is 19.0. The summed E-state index contributed by atoms with van der Waals surface area (Å²) in [6.45, 7) is 4.99. The molecule has 2 atom stereocenters. The first-order valence-electron chi connectivity index (χ1n) is 10.9. The van der Waals surface area contributed by atoms with Crippen molar-refractivity contribution in [1.82, 2.24) is 15.1 Å². The van der Waals surface area contributed by atoms with Crippen LogP contribution in [0.4, 0.5) is 0 Å². The highest BCUT2D eigenvalue weighted by Crippen LogP contribution is 2.32. The molecule has 0 aliphatic carbocycles. The maximum Gasteiger partial charge on any atom is 0.259 e. The molecule has 2 unspecified atom stereocenters. The van der Waals surface area contributed by atoms with Crippen molar-refractivity contribution < 1.29 is 9.53 Å². The summed E-state index contributed by atoms with van der Waals surface area (Å²) in [5.74, 6) is 2.71. The SMILES string of the molecule is CN=C(NCc1cccc(OCC(=O)N(C)C)c1)N1CCC(c2ccccc2)C(C)C1. The number of benzene rings is 2. The lowest BCUT2D eigenvalue weighted by atomic mass is 9.82. The highest BCUT2D eigenvalue weighted by atomic mass is 16.5. The lowest BCUT2D eigenvalue weighted by Gasteiger charge is -2.39. The van der Waals surface area contributed by atoms with Gasteiger partial charge >= 0.3 is 0 Å². The number of carbonyl (C=O) groups excluding carboxylic acids is 1. The summed E-state index contributed by atoms with van der Waals surface area (Å²) >= 11 is 0. The number of hydrogen-bond acceptors (Lipinski definition) is 3. The Morgan fingerprint density at radius 1 is 1.19 bits per heavy atom. The Morgan fingerprint density at radius 3 is 2.65 bits per heavy atom. The van der Waals surface area contributed by atoms with E-state index in [1.54, 1.807) is 14.1 Å². The molecule has 0 aromatic heterocycles. The van der Waals surface area contributed by atoms with E-state index in [0.29, 0.717) is 24.1 Å². The van der Waals surface area contributed by atoms with E-state index in [1.807, 2.05) is 31.3 Å². The Bertz CT molecular complexity index is 882. The van der Waals surface area contributed by atoms with Crippen LogP contribution in [0.15, 0.2) is 59.6 Å². The fourth-order valence-electron chi connectivity index (χ4n) is 4.07. The second-order valence-electron chi connectivity index (χ2n) is 8.35. The van der Waals surface area contributed by atoms with Crippen LogP contribution in [0.3, 0.4) is 0 Å². The molecule has 1 fully saturated rings. The summed E-state index contributed by atoms with van der Waals surface area (Å²) in [5, 5.41) is 3.49. The van der Waals surface area contributed by atoms with Crippen LogP contribution >= 0.6 is 0 Å². The van der Waals surface area contributed by atoms with Crippen molar-refractivity contribution >= 4 is 11.9 Å². The Kier molecular flexibility index (Phi) is 7.93. The monoisotopic (exact) mass is 422 g/mol. The Balaban J connectivity index is 1.54. The molecular formula is C25H34N4O2. The van der Waals surface area contributed by atoms with Crippen LogP contribution in [0.1, 0.15) is 30.4 Å². The molecule has 0 radical (unpaired) electrons. The first-order valence-corrected chi connectivity index (χ1v) is 10.9. The zero-order chi connectivity index (χ0) is 22.2. The molecule has 1 aliphatic rings. The van der Waals surface area contributed by atoms with Crippen molar-refractivity contribution in [2.75, 3.05) is 40.8 Å². The minimum absolute atomic E-state index is 0.0415. The normalized spacial score (nSPS) is 19.1. The molecule has 6 nitrogen and oxygen atoms in total. The van der Waals surface area contributed by atoms with Gasteiger partial charge in [0.15, 0.2) is 12.6 Å². The largest absolute Gasteiger partial charge is 0.484 e. The third-order valence-corrected chi connectivity index (χ3v) is 5.85. The Morgan fingerprint density at radius 2 is 1.97 bits per heavy atom. The molecule has 0 spiro atoms. The van der Waals surface area contributed by atoms with E-state index < -0.39 is 0 Å². The smallest absolute Gasteiger partial charge is 0.259 e. The third kappa shape index (κ3) is 6.23. The number of nitrogens with one attached hydrogen (secondary N) is 1. The number of aliphatic imine (C=N–C) groups is 1. The van der Waals surface area contributed by atoms with Crippen molar-refractivity contribution in [2.45, 2.75) is 25.8 Å². The molecule has 2 aromatic rings. The van der Waals surface area contributed by atoms with Gasteiger partial charge < -0.3 is 19.9 Å². The van der Waals surface area contributed by atoms with Crippen molar-refractivity contribution in [3.05, 3.63) is 65.7 Å². The summed E-state index contributed by atoms with van der Waals surface area (Å²) in [6, 6.07) is 18.6. The molecular weight excluding hydrogens is 388 g/mol. The van der Waals surface area contributed by atoms with Gasteiger partial charge in [0.1, 0.15) is 5.75 Å². The van der Waals surface area contributed by atoms with Crippen LogP contribution in [-0.4, -0.2) is 62.5 Å². The number of piperidine rings is 1. The summed E-state index contributed by atoms with van der Waals surface area (Å²) < 4.78 is 5.63. The summed E-state index contributed by atoms with van der Waals surface area (Å²) in [4.78, 5) is 20.1. The van der Waals surface area contributed by atoms with Crippen LogP contribution in [-0.2, 0) is 11.3 Å². The van der Waals surface area contributed by atoms with E-state index in [4.69, 9.17) is 4.74 Å². The number of ether oxygens (including phenoxy) is 1. The molecule has 2 aromatic carbocycles. The van der Waals surface area contributed by atoms with E-state index in [-0.39, 0.29) is 12.5 Å². The predicted octanol–water partition coefficient (Wildman–Crippen LogP) is 3.35. The first-order chi connectivity index (χ1) is 15.0. The fraction of sp³-hybridized carbons (Fsp3) is 0.440. The third-order valence-electron chi connectivity index (χ3n) is 5.85. The van der Waals surface area contributed by atoms with Gasteiger partial charge in [-0.25, -0.2) is 0 Å². The van der Waals surface area contributed by atoms with Crippen molar-refractivity contribution in [2.24, 2.45) is 10.9 Å². The fourth-order valence-corrected chi connectivity index (χ4v) is 4.07. The van der Waals surface area contributed by atoms with Gasteiger partial charge in [0.2, 0.25) is 0 Å². The second kappa shape index (κ2) is 10.8. The molecule has 1 saturated heterocycles. The van der Waals surface area contributed by atoms with Crippen molar-refractivity contribution in [3.63, 3.8) is 0 Å². The molecule has 0 saturated carbocycles. The Hall–Kier alpha value is -3.02. The number of likely N-dealkylation sites (N-methyl/N-ethyl adjacent to an activating group) is 1. The van der Waals surface area contributed by atoms with Crippen molar-refractivity contribution in [1.29, 1.82) is 0 Å². The molecule has 166 valence electrons. The van der Waals surface area contributed by atoms with Gasteiger partial charge in [-0.05, 0) is 41.5 Å². The van der Waals surface area contributed by atoms with Gasteiger partial charge in [0, 0.05) is 40.8 Å². The van der Waals surface area contributed by atoms with Gasteiger partial charge in [-0.3, -0.25) is 9.79 Å². The molecule has 1 amide bonds. The maximum atomic E-state index is 11.7. The van der Waals surface area contributed by atoms with Crippen LogP contribution in [0.2, 0.25) is 0 Å². The summed E-state index contributed by atoms with van der Waals surface area (Å²) in [5.41, 5.74) is 2.52. The summed E-state index contributed by atoms with van der Waals surface area (Å²) in [7, 11) is 5.28. The van der Waals surface area contributed by atoms with E-state index in [9.17, 15) is 4.79 Å². The number of rotatable bonds is 6. The molecule has 0 bridgehead atoms. The highest BCUT2D eigenvalue weighted by molar-refractivity contribution is 5.80.